The van der Waals surface area contributed by atoms with Gasteiger partial charge in [0.05, 0.1) is 11.7 Å². The summed E-state index contributed by atoms with van der Waals surface area (Å²) in [5, 5.41) is 0. The Bertz CT molecular complexity index is 624. The third kappa shape index (κ3) is 3.00. The van der Waals surface area contributed by atoms with E-state index < -0.39 is 0 Å². The van der Waals surface area contributed by atoms with Gasteiger partial charge in [0.2, 0.25) is 0 Å². The Kier molecular flexibility index (Phi) is 4.06. The molecule has 1 aliphatic rings. The Morgan fingerprint density at radius 1 is 1.33 bits per heavy atom. The summed E-state index contributed by atoms with van der Waals surface area (Å²) in [6.45, 7) is 6.91. The van der Waals surface area contributed by atoms with E-state index in [0.717, 1.165) is 24.0 Å². The summed E-state index contributed by atoms with van der Waals surface area (Å²) in [4.78, 5) is 18.0. The van der Waals surface area contributed by atoms with Crippen molar-refractivity contribution in [2.45, 2.75) is 39.2 Å². The fraction of sp³-hybridized carbons (Fsp3) is 0.529. The average molecular weight is 285 g/mol. The Labute approximate surface area is 125 Å². The molecule has 0 aliphatic carbocycles. The second-order valence-electron chi connectivity index (χ2n) is 6.33. The zero-order chi connectivity index (χ0) is 14.8. The van der Waals surface area contributed by atoms with Gasteiger partial charge in [0, 0.05) is 24.2 Å². The molecule has 0 radical (unpaired) electrons. The molecule has 1 aliphatic heterocycles. The van der Waals surface area contributed by atoms with Gasteiger partial charge < -0.3 is 9.30 Å². The number of rotatable bonds is 4. The lowest BCUT2D eigenvalue weighted by atomic mass is 9.92. The van der Waals surface area contributed by atoms with Gasteiger partial charge in [0.1, 0.15) is 5.82 Å². The molecular weight excluding hydrogens is 262 g/mol. The molecule has 4 nitrogen and oxygen atoms in total. The minimum absolute atomic E-state index is 0.647. The van der Waals surface area contributed by atoms with Gasteiger partial charge in [-0.15, -0.1) is 0 Å². The molecule has 0 bridgehead atoms. The fourth-order valence-electron chi connectivity index (χ4n) is 3.21. The van der Waals surface area contributed by atoms with Gasteiger partial charge in [-0.2, -0.15) is 0 Å². The minimum Gasteiger partial charge on any atom is -0.303 e. The molecule has 4 heteroatoms. The van der Waals surface area contributed by atoms with Crippen molar-refractivity contribution in [1.82, 2.24) is 14.3 Å². The van der Waals surface area contributed by atoms with Crippen LogP contribution in [0.15, 0.2) is 24.5 Å². The molecule has 0 saturated carbocycles. The van der Waals surface area contributed by atoms with Crippen LogP contribution in [0, 0.1) is 5.92 Å². The molecule has 2 aromatic rings. The van der Waals surface area contributed by atoms with Gasteiger partial charge >= 0.3 is 0 Å². The number of aromatic nitrogens is 2. The number of hydrogen-bond donors (Lipinski definition) is 0. The van der Waals surface area contributed by atoms with Gasteiger partial charge in [0.25, 0.3) is 0 Å². The Morgan fingerprint density at radius 3 is 2.76 bits per heavy atom. The van der Waals surface area contributed by atoms with E-state index in [0.29, 0.717) is 17.5 Å². The van der Waals surface area contributed by atoms with Crippen LogP contribution in [-0.2, 0) is 6.42 Å². The Morgan fingerprint density at radius 2 is 2.10 bits per heavy atom. The Hall–Kier alpha value is -1.68. The number of hydrogen-bond acceptors (Lipinski definition) is 3. The SMILES string of the molecule is CC(C)N1CCC(Cc2ncc3ccc(C=O)cn23)CC1. The Balaban J connectivity index is 1.72. The van der Waals surface area contributed by atoms with Gasteiger partial charge in [-0.1, -0.05) is 0 Å². The number of carbonyl (C=O) groups is 1. The molecule has 0 unspecified atom stereocenters. The molecule has 0 aromatic carbocycles. The molecule has 112 valence electrons. The van der Waals surface area contributed by atoms with Gasteiger partial charge in [0.15, 0.2) is 6.29 Å². The van der Waals surface area contributed by atoms with Crippen LogP contribution >= 0.6 is 0 Å². The van der Waals surface area contributed by atoms with Crippen molar-refractivity contribution in [3.63, 3.8) is 0 Å². The van der Waals surface area contributed by atoms with Crippen LogP contribution in [-0.4, -0.2) is 39.7 Å². The molecule has 3 rings (SSSR count). The fourth-order valence-corrected chi connectivity index (χ4v) is 3.21. The number of aldehydes is 1. The summed E-state index contributed by atoms with van der Waals surface area (Å²) in [7, 11) is 0. The van der Waals surface area contributed by atoms with E-state index in [9.17, 15) is 4.79 Å². The number of nitrogens with zero attached hydrogens (tertiary/aromatic N) is 3. The number of piperidine rings is 1. The molecular formula is C17H23N3O. The summed E-state index contributed by atoms with van der Waals surface area (Å²) in [6.07, 6.45) is 8.16. The third-order valence-corrected chi connectivity index (χ3v) is 4.61. The number of carbonyl (C=O) groups excluding carboxylic acids is 1. The summed E-state index contributed by atoms with van der Waals surface area (Å²) in [6, 6.07) is 4.45. The molecule has 2 aromatic heterocycles. The first-order valence-electron chi connectivity index (χ1n) is 7.82. The van der Waals surface area contributed by atoms with Gasteiger partial charge in [-0.25, -0.2) is 4.98 Å². The van der Waals surface area contributed by atoms with Crippen molar-refractivity contribution in [1.29, 1.82) is 0 Å². The summed E-state index contributed by atoms with van der Waals surface area (Å²) >= 11 is 0. The smallest absolute Gasteiger partial charge is 0.151 e. The number of pyridine rings is 1. The lowest BCUT2D eigenvalue weighted by Crippen LogP contribution is -2.38. The molecule has 0 spiro atoms. The van der Waals surface area contributed by atoms with E-state index in [2.05, 4.69) is 28.1 Å². The van der Waals surface area contributed by atoms with E-state index in [1.807, 2.05) is 24.5 Å². The highest BCUT2D eigenvalue weighted by molar-refractivity contribution is 5.75. The highest BCUT2D eigenvalue weighted by Gasteiger charge is 2.22. The third-order valence-electron chi connectivity index (χ3n) is 4.61. The van der Waals surface area contributed by atoms with E-state index >= 15 is 0 Å². The largest absolute Gasteiger partial charge is 0.303 e. The predicted octanol–water partition coefficient (Wildman–Crippen LogP) is 2.81. The second-order valence-corrected chi connectivity index (χ2v) is 6.33. The zero-order valence-electron chi connectivity index (χ0n) is 12.8. The van der Waals surface area contributed by atoms with Crippen LogP contribution < -0.4 is 0 Å². The van der Waals surface area contributed by atoms with Crippen LogP contribution in [0.4, 0.5) is 0 Å². The quantitative estimate of drug-likeness (QED) is 0.811. The molecule has 21 heavy (non-hydrogen) atoms. The number of fused-ring (bicyclic) bond motifs is 1. The first-order chi connectivity index (χ1) is 10.2. The van der Waals surface area contributed by atoms with Crippen molar-refractivity contribution in [3.8, 4) is 0 Å². The van der Waals surface area contributed by atoms with Gasteiger partial charge in [-0.3, -0.25) is 4.79 Å². The van der Waals surface area contributed by atoms with Crippen molar-refractivity contribution in [2.24, 2.45) is 5.92 Å². The molecule has 1 fully saturated rings. The minimum atomic E-state index is 0.647. The lowest BCUT2D eigenvalue weighted by molar-refractivity contribution is 0.112. The monoisotopic (exact) mass is 285 g/mol. The van der Waals surface area contributed by atoms with E-state index in [1.54, 1.807) is 0 Å². The van der Waals surface area contributed by atoms with Crippen molar-refractivity contribution in [3.05, 3.63) is 35.9 Å². The highest BCUT2D eigenvalue weighted by atomic mass is 16.1. The van der Waals surface area contributed by atoms with E-state index in [-0.39, 0.29) is 0 Å². The van der Waals surface area contributed by atoms with Crippen molar-refractivity contribution >= 4 is 11.8 Å². The van der Waals surface area contributed by atoms with Crippen molar-refractivity contribution in [2.75, 3.05) is 13.1 Å². The maximum atomic E-state index is 10.9. The zero-order valence-corrected chi connectivity index (χ0v) is 12.8. The maximum Gasteiger partial charge on any atom is 0.151 e. The summed E-state index contributed by atoms with van der Waals surface area (Å²) in [5.41, 5.74) is 1.77. The van der Waals surface area contributed by atoms with E-state index in [1.165, 1.54) is 25.9 Å². The van der Waals surface area contributed by atoms with Crippen LogP contribution in [0.1, 0.15) is 42.9 Å². The second kappa shape index (κ2) is 5.98. The topological polar surface area (TPSA) is 37.6 Å². The molecule has 3 heterocycles. The highest BCUT2D eigenvalue weighted by Crippen LogP contribution is 2.23. The molecule has 0 atom stereocenters. The maximum absolute atomic E-state index is 10.9. The van der Waals surface area contributed by atoms with Crippen molar-refractivity contribution < 1.29 is 4.79 Å². The van der Waals surface area contributed by atoms with Gasteiger partial charge in [-0.05, 0) is 57.8 Å². The normalized spacial score (nSPS) is 17.7. The number of likely N-dealkylation sites (tertiary alicyclic amines) is 1. The standard InChI is InChI=1S/C17H23N3O/c1-13(2)19-7-5-14(6-8-19)9-17-18-10-16-4-3-15(12-21)11-20(16)17/h3-4,10-14H,5-9H2,1-2H3. The number of imidazole rings is 1. The van der Waals surface area contributed by atoms with E-state index in [4.69, 9.17) is 0 Å². The summed E-state index contributed by atoms with van der Waals surface area (Å²) in [5.74, 6) is 1.78. The predicted molar refractivity (Wildman–Crippen MR) is 83.7 cm³/mol. The first kappa shape index (κ1) is 14.3. The molecule has 0 amide bonds. The molecule has 0 N–H and O–H groups in total. The van der Waals surface area contributed by atoms with Crippen LogP contribution in [0.25, 0.3) is 5.52 Å². The summed E-state index contributed by atoms with van der Waals surface area (Å²) < 4.78 is 2.07. The van der Waals surface area contributed by atoms with Crippen LogP contribution in [0.5, 0.6) is 0 Å². The molecule has 1 saturated heterocycles. The first-order valence-corrected chi connectivity index (χ1v) is 7.82. The van der Waals surface area contributed by atoms with Crippen LogP contribution in [0.2, 0.25) is 0 Å². The van der Waals surface area contributed by atoms with Crippen LogP contribution in [0.3, 0.4) is 0 Å². The lowest BCUT2D eigenvalue weighted by Gasteiger charge is -2.34. The average Bonchev–Trinajstić information content (AvgIpc) is 2.90.